The Morgan fingerprint density at radius 1 is 1.10 bits per heavy atom. The molecule has 1 heterocycles. The van der Waals surface area contributed by atoms with E-state index in [9.17, 15) is 8.42 Å². The third-order valence-electron chi connectivity index (χ3n) is 3.04. The van der Waals surface area contributed by atoms with Crippen LogP contribution in [0.4, 0.5) is 0 Å². The summed E-state index contributed by atoms with van der Waals surface area (Å²) in [6.07, 6.45) is 0.835. The minimum atomic E-state index is -3.43. The van der Waals surface area contributed by atoms with Crippen LogP contribution in [0.25, 0.3) is 0 Å². The van der Waals surface area contributed by atoms with Crippen molar-refractivity contribution >= 4 is 22.6 Å². The highest BCUT2D eigenvalue weighted by molar-refractivity contribution is 7.86. The first-order valence-electron chi connectivity index (χ1n) is 6.56. The number of rotatable bonds is 8. The smallest absolute Gasteiger partial charge is 0.282 e. The van der Waals surface area contributed by atoms with E-state index in [0.717, 1.165) is 13.0 Å². The maximum atomic E-state index is 12.6. The van der Waals surface area contributed by atoms with Crippen molar-refractivity contribution in [1.29, 1.82) is 0 Å². The van der Waals surface area contributed by atoms with Crippen LogP contribution >= 0.6 is 12.4 Å². The van der Waals surface area contributed by atoms with E-state index < -0.39 is 10.2 Å². The van der Waals surface area contributed by atoms with Crippen LogP contribution in [0.3, 0.4) is 0 Å². The van der Waals surface area contributed by atoms with Gasteiger partial charge in [-0.1, -0.05) is 0 Å². The molecule has 0 saturated carbocycles. The second kappa shape index (κ2) is 10.7. The summed E-state index contributed by atoms with van der Waals surface area (Å²) >= 11 is 0. The summed E-state index contributed by atoms with van der Waals surface area (Å²) in [5.74, 6) is 0. The molecule has 0 bridgehead atoms. The fourth-order valence-electron chi connectivity index (χ4n) is 1.94. The molecule has 0 amide bonds. The Morgan fingerprint density at radius 2 is 1.70 bits per heavy atom. The molecule has 1 fully saturated rings. The molecule has 1 rings (SSSR count). The van der Waals surface area contributed by atoms with Gasteiger partial charge in [0, 0.05) is 46.9 Å². The van der Waals surface area contributed by atoms with Crippen LogP contribution in [-0.2, 0) is 19.7 Å². The van der Waals surface area contributed by atoms with E-state index >= 15 is 0 Å². The van der Waals surface area contributed by atoms with Gasteiger partial charge >= 0.3 is 0 Å². The van der Waals surface area contributed by atoms with Gasteiger partial charge in [-0.25, -0.2) is 0 Å². The molecule has 0 atom stereocenters. The first kappa shape index (κ1) is 20.0. The van der Waals surface area contributed by atoms with Crippen molar-refractivity contribution in [2.45, 2.75) is 6.42 Å². The number of hydrogen-bond donors (Lipinski definition) is 1. The molecular formula is C11H26ClN3O4S. The summed E-state index contributed by atoms with van der Waals surface area (Å²) in [5, 5.41) is 3.20. The van der Waals surface area contributed by atoms with Crippen LogP contribution in [-0.4, -0.2) is 83.7 Å². The van der Waals surface area contributed by atoms with Gasteiger partial charge in [0.1, 0.15) is 0 Å². The predicted octanol–water partition coefficient (Wildman–Crippen LogP) is -0.457. The van der Waals surface area contributed by atoms with Crippen molar-refractivity contribution in [3.05, 3.63) is 0 Å². The Kier molecular flexibility index (Phi) is 10.7. The Labute approximate surface area is 128 Å². The summed E-state index contributed by atoms with van der Waals surface area (Å²) < 4.78 is 38.1. The molecule has 0 spiro atoms. The molecule has 0 aromatic rings. The van der Waals surface area contributed by atoms with Crippen LogP contribution in [0.1, 0.15) is 6.42 Å². The highest BCUT2D eigenvalue weighted by Crippen LogP contribution is 2.10. The minimum absolute atomic E-state index is 0. The molecule has 122 valence electrons. The Balaban J connectivity index is 0.00000361. The third-order valence-corrected chi connectivity index (χ3v) is 5.08. The maximum absolute atomic E-state index is 12.6. The van der Waals surface area contributed by atoms with Crippen molar-refractivity contribution in [1.82, 2.24) is 13.9 Å². The Morgan fingerprint density at radius 3 is 2.25 bits per heavy atom. The fourth-order valence-corrected chi connectivity index (χ4v) is 3.56. The quantitative estimate of drug-likeness (QED) is 0.652. The van der Waals surface area contributed by atoms with Crippen LogP contribution < -0.4 is 5.32 Å². The first-order chi connectivity index (χ1) is 9.12. The molecule has 1 aliphatic heterocycles. The predicted molar refractivity (Wildman–Crippen MR) is 80.6 cm³/mol. The Hall–Kier alpha value is 0.0400. The lowest BCUT2D eigenvalue weighted by Crippen LogP contribution is -2.47. The number of hydrogen-bond acceptors (Lipinski definition) is 5. The SMILES string of the molecule is COCCN(CCOC)S(=O)(=O)N1CCCNCC1.Cl. The molecule has 0 unspecified atom stereocenters. The molecule has 0 aromatic carbocycles. The number of halogens is 1. The molecule has 0 aromatic heterocycles. The van der Waals surface area contributed by atoms with E-state index in [4.69, 9.17) is 9.47 Å². The molecule has 0 aliphatic carbocycles. The lowest BCUT2D eigenvalue weighted by Gasteiger charge is -2.28. The molecule has 7 nitrogen and oxygen atoms in total. The normalized spacial score (nSPS) is 17.8. The van der Waals surface area contributed by atoms with Gasteiger partial charge < -0.3 is 14.8 Å². The molecule has 20 heavy (non-hydrogen) atoms. The average molecular weight is 332 g/mol. The lowest BCUT2D eigenvalue weighted by atomic mass is 10.4. The van der Waals surface area contributed by atoms with E-state index in [2.05, 4.69) is 5.32 Å². The summed E-state index contributed by atoms with van der Waals surface area (Å²) in [4.78, 5) is 0. The van der Waals surface area contributed by atoms with Gasteiger partial charge in [0.15, 0.2) is 0 Å². The summed E-state index contributed by atoms with van der Waals surface area (Å²) in [7, 11) is -0.292. The largest absolute Gasteiger partial charge is 0.383 e. The van der Waals surface area contributed by atoms with Crippen LogP contribution in [0, 0.1) is 0 Å². The summed E-state index contributed by atoms with van der Waals surface area (Å²) in [6.45, 7) is 4.11. The van der Waals surface area contributed by atoms with Crippen LogP contribution in [0.2, 0.25) is 0 Å². The fraction of sp³-hybridized carbons (Fsp3) is 1.00. The molecule has 1 saturated heterocycles. The molecular weight excluding hydrogens is 306 g/mol. The van der Waals surface area contributed by atoms with E-state index in [1.54, 1.807) is 18.5 Å². The maximum Gasteiger partial charge on any atom is 0.282 e. The van der Waals surface area contributed by atoms with Gasteiger partial charge in [-0.3, -0.25) is 0 Å². The first-order valence-corrected chi connectivity index (χ1v) is 7.96. The third kappa shape index (κ3) is 6.21. The molecule has 1 N–H and O–H groups in total. The number of methoxy groups -OCH3 is 2. The van der Waals surface area contributed by atoms with Gasteiger partial charge in [-0.15, -0.1) is 12.4 Å². The highest BCUT2D eigenvalue weighted by Gasteiger charge is 2.29. The summed E-state index contributed by atoms with van der Waals surface area (Å²) in [6, 6.07) is 0. The second-order valence-electron chi connectivity index (χ2n) is 4.40. The zero-order chi connectivity index (χ0) is 14.1. The van der Waals surface area contributed by atoms with Crippen molar-refractivity contribution in [2.75, 3.05) is 66.7 Å². The van der Waals surface area contributed by atoms with Gasteiger partial charge in [-0.05, 0) is 13.0 Å². The number of ether oxygens (including phenoxy) is 2. The second-order valence-corrected chi connectivity index (χ2v) is 6.32. The summed E-state index contributed by atoms with van der Waals surface area (Å²) in [5.41, 5.74) is 0. The zero-order valence-corrected chi connectivity index (χ0v) is 13.8. The van der Waals surface area contributed by atoms with Crippen LogP contribution in [0.5, 0.6) is 0 Å². The number of nitrogens with zero attached hydrogens (tertiary/aromatic N) is 2. The number of nitrogens with one attached hydrogen (secondary N) is 1. The molecule has 0 radical (unpaired) electrons. The molecule has 9 heteroatoms. The topological polar surface area (TPSA) is 71.1 Å². The van der Waals surface area contributed by atoms with Crippen molar-refractivity contribution < 1.29 is 17.9 Å². The molecule has 1 aliphatic rings. The Bertz CT molecular complexity index is 327. The van der Waals surface area contributed by atoms with E-state index in [-0.39, 0.29) is 12.4 Å². The van der Waals surface area contributed by atoms with Crippen LogP contribution in [0.15, 0.2) is 0 Å². The monoisotopic (exact) mass is 331 g/mol. The van der Waals surface area contributed by atoms with Crippen molar-refractivity contribution in [2.24, 2.45) is 0 Å². The zero-order valence-electron chi connectivity index (χ0n) is 12.2. The van der Waals surface area contributed by atoms with Gasteiger partial charge in [0.25, 0.3) is 10.2 Å². The highest BCUT2D eigenvalue weighted by atomic mass is 35.5. The minimum Gasteiger partial charge on any atom is -0.383 e. The average Bonchev–Trinajstić information content (AvgIpc) is 2.68. The van der Waals surface area contributed by atoms with Crippen molar-refractivity contribution in [3.63, 3.8) is 0 Å². The van der Waals surface area contributed by atoms with E-state index in [1.165, 1.54) is 4.31 Å². The lowest BCUT2D eigenvalue weighted by molar-refractivity contribution is 0.147. The van der Waals surface area contributed by atoms with E-state index in [0.29, 0.717) is 45.9 Å². The standard InChI is InChI=1S/C11H25N3O4S.ClH/c1-17-10-8-14(9-11-18-2)19(15,16)13-6-3-4-12-5-7-13;/h12H,3-11H2,1-2H3;1H. The van der Waals surface area contributed by atoms with E-state index in [1.807, 2.05) is 0 Å². The van der Waals surface area contributed by atoms with Gasteiger partial charge in [-0.2, -0.15) is 17.0 Å². The van der Waals surface area contributed by atoms with Gasteiger partial charge in [0.2, 0.25) is 0 Å². The van der Waals surface area contributed by atoms with Gasteiger partial charge in [0.05, 0.1) is 13.2 Å². The van der Waals surface area contributed by atoms with Crippen molar-refractivity contribution in [3.8, 4) is 0 Å².